The van der Waals surface area contributed by atoms with Crippen LogP contribution in [0.1, 0.15) is 31.7 Å². The lowest BCUT2D eigenvalue weighted by Crippen LogP contribution is -2.41. The van der Waals surface area contributed by atoms with Gasteiger partial charge in [-0.15, -0.1) is 11.3 Å². The Hall–Kier alpha value is -0.430. The van der Waals surface area contributed by atoms with Gasteiger partial charge in [0.25, 0.3) is 10.2 Å². The third-order valence-electron chi connectivity index (χ3n) is 2.34. The zero-order chi connectivity index (χ0) is 12.2. The second-order valence-electron chi connectivity index (χ2n) is 3.44. The van der Waals surface area contributed by atoms with E-state index in [1.54, 1.807) is 11.3 Å². The SMILES string of the molecule is CCN(CC)S(=O)(=O)N[C@H](C)c1cccs1. The van der Waals surface area contributed by atoms with Crippen LogP contribution in [0.5, 0.6) is 0 Å². The van der Waals surface area contributed by atoms with E-state index >= 15 is 0 Å². The summed E-state index contributed by atoms with van der Waals surface area (Å²) in [4.78, 5) is 1.02. The highest BCUT2D eigenvalue weighted by Gasteiger charge is 2.21. The number of nitrogens with one attached hydrogen (secondary N) is 1. The van der Waals surface area contributed by atoms with E-state index in [2.05, 4.69) is 4.72 Å². The maximum atomic E-state index is 11.9. The maximum Gasteiger partial charge on any atom is 0.280 e. The summed E-state index contributed by atoms with van der Waals surface area (Å²) in [5.74, 6) is 0. The molecule has 0 aliphatic carbocycles. The highest BCUT2D eigenvalue weighted by molar-refractivity contribution is 7.87. The largest absolute Gasteiger partial charge is 0.280 e. The van der Waals surface area contributed by atoms with E-state index in [4.69, 9.17) is 0 Å². The first-order chi connectivity index (χ1) is 7.51. The highest BCUT2D eigenvalue weighted by Crippen LogP contribution is 2.19. The van der Waals surface area contributed by atoms with E-state index in [0.29, 0.717) is 13.1 Å². The quantitative estimate of drug-likeness (QED) is 0.852. The lowest BCUT2D eigenvalue weighted by atomic mass is 10.3. The van der Waals surface area contributed by atoms with Crippen molar-refractivity contribution in [3.8, 4) is 0 Å². The molecule has 6 heteroatoms. The molecule has 1 atom stereocenters. The van der Waals surface area contributed by atoms with Crippen molar-refractivity contribution in [1.29, 1.82) is 0 Å². The Morgan fingerprint density at radius 1 is 1.44 bits per heavy atom. The van der Waals surface area contributed by atoms with Gasteiger partial charge in [-0.2, -0.15) is 17.4 Å². The van der Waals surface area contributed by atoms with Crippen LogP contribution in [0.15, 0.2) is 17.5 Å². The fraction of sp³-hybridized carbons (Fsp3) is 0.600. The minimum absolute atomic E-state index is 0.175. The van der Waals surface area contributed by atoms with Gasteiger partial charge in [0.2, 0.25) is 0 Å². The van der Waals surface area contributed by atoms with E-state index in [0.717, 1.165) is 4.88 Å². The van der Waals surface area contributed by atoms with Crippen LogP contribution in [0, 0.1) is 0 Å². The van der Waals surface area contributed by atoms with Gasteiger partial charge < -0.3 is 0 Å². The van der Waals surface area contributed by atoms with Crippen LogP contribution in [0.2, 0.25) is 0 Å². The van der Waals surface area contributed by atoms with Crippen LogP contribution >= 0.6 is 11.3 Å². The van der Waals surface area contributed by atoms with Gasteiger partial charge in [-0.05, 0) is 18.4 Å². The molecule has 1 rings (SSSR count). The molecule has 0 fully saturated rings. The molecule has 92 valence electrons. The molecule has 0 saturated carbocycles. The van der Waals surface area contributed by atoms with Crippen LogP contribution in [-0.4, -0.2) is 25.8 Å². The number of thiophene rings is 1. The van der Waals surface area contributed by atoms with E-state index in [9.17, 15) is 8.42 Å². The van der Waals surface area contributed by atoms with Crippen molar-refractivity contribution in [1.82, 2.24) is 9.03 Å². The average Bonchev–Trinajstić information content (AvgIpc) is 2.70. The van der Waals surface area contributed by atoms with E-state index in [-0.39, 0.29) is 6.04 Å². The molecule has 0 radical (unpaired) electrons. The van der Waals surface area contributed by atoms with Crippen molar-refractivity contribution in [2.45, 2.75) is 26.8 Å². The van der Waals surface area contributed by atoms with Gasteiger partial charge in [-0.1, -0.05) is 19.9 Å². The molecular weight excluding hydrogens is 244 g/mol. The van der Waals surface area contributed by atoms with Gasteiger partial charge in [0, 0.05) is 18.0 Å². The van der Waals surface area contributed by atoms with Gasteiger partial charge in [0.1, 0.15) is 0 Å². The monoisotopic (exact) mass is 262 g/mol. The number of hydrogen-bond donors (Lipinski definition) is 1. The average molecular weight is 262 g/mol. The van der Waals surface area contributed by atoms with Crippen molar-refractivity contribution >= 4 is 21.5 Å². The zero-order valence-corrected chi connectivity index (χ0v) is 11.4. The molecule has 0 aliphatic heterocycles. The number of hydrogen-bond acceptors (Lipinski definition) is 3. The topological polar surface area (TPSA) is 49.4 Å². The normalized spacial score (nSPS) is 14.2. The number of nitrogens with zero attached hydrogens (tertiary/aromatic N) is 1. The second kappa shape index (κ2) is 5.77. The molecule has 1 aromatic heterocycles. The Balaban J connectivity index is 2.73. The van der Waals surface area contributed by atoms with Crippen LogP contribution in [0.25, 0.3) is 0 Å². The minimum Gasteiger partial charge on any atom is -0.195 e. The van der Waals surface area contributed by atoms with Crippen molar-refractivity contribution in [3.05, 3.63) is 22.4 Å². The molecule has 0 amide bonds. The lowest BCUT2D eigenvalue weighted by Gasteiger charge is -2.21. The molecule has 1 heterocycles. The van der Waals surface area contributed by atoms with Crippen molar-refractivity contribution in [2.24, 2.45) is 0 Å². The third kappa shape index (κ3) is 3.28. The molecular formula is C10H18N2O2S2. The zero-order valence-electron chi connectivity index (χ0n) is 9.80. The summed E-state index contributed by atoms with van der Waals surface area (Å²) in [5.41, 5.74) is 0. The molecule has 0 spiro atoms. The molecule has 0 aliphatic rings. The fourth-order valence-electron chi connectivity index (χ4n) is 1.46. The van der Waals surface area contributed by atoms with E-state index in [1.807, 2.05) is 38.3 Å². The van der Waals surface area contributed by atoms with E-state index in [1.165, 1.54) is 4.31 Å². The minimum atomic E-state index is -3.36. The first-order valence-corrected chi connectivity index (χ1v) is 7.64. The van der Waals surface area contributed by atoms with Crippen LogP contribution in [-0.2, 0) is 10.2 Å². The van der Waals surface area contributed by atoms with E-state index < -0.39 is 10.2 Å². The third-order valence-corrected chi connectivity index (χ3v) is 5.24. The molecule has 1 aromatic rings. The van der Waals surface area contributed by atoms with Crippen LogP contribution in [0.3, 0.4) is 0 Å². The first-order valence-electron chi connectivity index (χ1n) is 5.32. The Morgan fingerprint density at radius 2 is 2.06 bits per heavy atom. The summed E-state index contributed by atoms with van der Waals surface area (Å²) in [6.45, 7) is 6.50. The van der Waals surface area contributed by atoms with Crippen LogP contribution < -0.4 is 4.72 Å². The first kappa shape index (κ1) is 13.6. The predicted molar refractivity (Wildman–Crippen MR) is 67.7 cm³/mol. The molecule has 0 saturated heterocycles. The summed E-state index contributed by atoms with van der Waals surface area (Å²) in [6.07, 6.45) is 0. The highest BCUT2D eigenvalue weighted by atomic mass is 32.2. The molecule has 1 N–H and O–H groups in total. The Bertz CT molecular complexity index is 396. The fourth-order valence-corrected chi connectivity index (χ4v) is 3.67. The summed E-state index contributed by atoms with van der Waals surface area (Å²) < 4.78 is 27.9. The predicted octanol–water partition coefficient (Wildman–Crippen LogP) is 1.99. The molecule has 16 heavy (non-hydrogen) atoms. The summed E-state index contributed by atoms with van der Waals surface area (Å²) >= 11 is 1.55. The van der Waals surface area contributed by atoms with Crippen molar-refractivity contribution in [2.75, 3.05) is 13.1 Å². The summed E-state index contributed by atoms with van der Waals surface area (Å²) in [6, 6.07) is 3.67. The smallest absolute Gasteiger partial charge is 0.195 e. The van der Waals surface area contributed by atoms with Gasteiger partial charge in [-0.3, -0.25) is 0 Å². The molecule has 4 nitrogen and oxygen atoms in total. The lowest BCUT2D eigenvalue weighted by molar-refractivity contribution is 0.429. The second-order valence-corrected chi connectivity index (χ2v) is 6.13. The van der Waals surface area contributed by atoms with Crippen molar-refractivity contribution in [3.63, 3.8) is 0 Å². The van der Waals surface area contributed by atoms with Gasteiger partial charge in [-0.25, -0.2) is 0 Å². The van der Waals surface area contributed by atoms with Crippen molar-refractivity contribution < 1.29 is 8.42 Å². The maximum absolute atomic E-state index is 11.9. The van der Waals surface area contributed by atoms with Crippen LogP contribution in [0.4, 0.5) is 0 Å². The molecule has 0 bridgehead atoms. The Labute approximate surface area is 101 Å². The molecule has 0 unspecified atom stereocenters. The standard InChI is InChI=1S/C10H18N2O2S2/c1-4-12(5-2)16(13,14)11-9(3)10-7-6-8-15-10/h6-9,11H,4-5H2,1-3H3/t9-/m1/s1. The summed E-state index contributed by atoms with van der Waals surface area (Å²) in [5, 5.41) is 1.94. The Kier molecular flexibility index (Phi) is 4.91. The number of rotatable bonds is 6. The van der Waals surface area contributed by atoms with Gasteiger partial charge in [0.05, 0.1) is 6.04 Å². The van der Waals surface area contributed by atoms with Gasteiger partial charge >= 0.3 is 0 Å². The van der Waals surface area contributed by atoms with Gasteiger partial charge in [0.15, 0.2) is 0 Å². The molecule has 0 aromatic carbocycles. The summed E-state index contributed by atoms with van der Waals surface area (Å²) in [7, 11) is -3.36. The Morgan fingerprint density at radius 3 is 2.50 bits per heavy atom.